The quantitative estimate of drug-likeness (QED) is 0.664. The molecule has 1 unspecified atom stereocenters. The molecule has 0 spiro atoms. The van der Waals surface area contributed by atoms with Gasteiger partial charge in [0.2, 0.25) is 0 Å². The highest BCUT2D eigenvalue weighted by Crippen LogP contribution is 2.65. The molecule has 1 aromatic heterocycles. The van der Waals surface area contributed by atoms with Gasteiger partial charge in [0.05, 0.1) is 11.1 Å². The van der Waals surface area contributed by atoms with E-state index in [9.17, 15) is 9.90 Å². The van der Waals surface area contributed by atoms with Gasteiger partial charge in [0, 0.05) is 5.92 Å². The lowest BCUT2D eigenvalue weighted by molar-refractivity contribution is -0.135. The summed E-state index contributed by atoms with van der Waals surface area (Å²) in [4.78, 5) is 13.9. The fourth-order valence-electron chi connectivity index (χ4n) is 9.13. The van der Waals surface area contributed by atoms with Gasteiger partial charge in [0.25, 0.3) is 0 Å². The Kier molecular flexibility index (Phi) is 5.03. The fraction of sp³-hybridized carbons (Fsp3) is 0.750. The number of Topliss-reactive ketones (excluding diaryl/α,β-unsaturated/α-hetero) is 1. The van der Waals surface area contributed by atoms with Gasteiger partial charge in [-0.05, 0) is 119 Å². The lowest BCUT2D eigenvalue weighted by Gasteiger charge is -2.57. The van der Waals surface area contributed by atoms with Gasteiger partial charge >= 0.3 is 0 Å². The van der Waals surface area contributed by atoms with E-state index in [2.05, 4.69) is 17.2 Å². The van der Waals surface area contributed by atoms with Crippen molar-refractivity contribution >= 4 is 16.8 Å². The molecule has 4 aliphatic rings. The number of aromatic nitrogens is 3. The molecule has 6 rings (SSSR count). The van der Waals surface area contributed by atoms with Gasteiger partial charge in [-0.3, -0.25) is 4.79 Å². The number of benzene rings is 1. The minimum absolute atomic E-state index is 0.121. The maximum absolute atomic E-state index is 13.9. The standard InChI is InChI=1S/C28H39N3O2/c1-17(31-25-7-5-4-6-24(25)29-30-31)26(32)23-11-10-22-21-9-8-18-16-27(2,33)14-12-19(18)20(21)13-15-28(22,23)3/h4-7,17-23,33H,8-16H2,1-3H3/t17-,18+,19?,20-,21-,22+,23-,27-,28+/m1/s1. The third-order valence-electron chi connectivity index (χ3n) is 10.7. The van der Waals surface area contributed by atoms with Gasteiger partial charge < -0.3 is 5.11 Å². The molecule has 9 atom stereocenters. The van der Waals surface area contributed by atoms with Crippen LogP contribution >= 0.6 is 0 Å². The van der Waals surface area contributed by atoms with Crippen LogP contribution in [0.15, 0.2) is 24.3 Å². The van der Waals surface area contributed by atoms with E-state index >= 15 is 0 Å². The maximum Gasteiger partial charge on any atom is 0.160 e. The van der Waals surface area contributed by atoms with Gasteiger partial charge in [0.15, 0.2) is 5.78 Å². The lowest BCUT2D eigenvalue weighted by Crippen LogP contribution is -2.51. The summed E-state index contributed by atoms with van der Waals surface area (Å²) in [5.41, 5.74) is 1.48. The van der Waals surface area contributed by atoms with Crippen LogP contribution in [-0.2, 0) is 4.79 Å². The third-order valence-corrected chi connectivity index (χ3v) is 10.7. The van der Waals surface area contributed by atoms with Crippen molar-refractivity contribution in [3.05, 3.63) is 24.3 Å². The second-order valence-corrected chi connectivity index (χ2v) is 12.5. The fourth-order valence-corrected chi connectivity index (χ4v) is 9.13. The van der Waals surface area contributed by atoms with Crippen LogP contribution in [0.5, 0.6) is 0 Å². The van der Waals surface area contributed by atoms with Crippen molar-refractivity contribution in [2.75, 3.05) is 0 Å². The van der Waals surface area contributed by atoms with Crippen molar-refractivity contribution in [1.82, 2.24) is 15.0 Å². The van der Waals surface area contributed by atoms with E-state index < -0.39 is 5.60 Å². The van der Waals surface area contributed by atoms with E-state index in [1.54, 1.807) is 0 Å². The van der Waals surface area contributed by atoms with Crippen LogP contribution in [0.25, 0.3) is 11.0 Å². The molecule has 4 fully saturated rings. The van der Waals surface area contributed by atoms with Crippen LogP contribution < -0.4 is 0 Å². The molecule has 1 heterocycles. The highest BCUT2D eigenvalue weighted by molar-refractivity contribution is 5.87. The van der Waals surface area contributed by atoms with Crippen molar-refractivity contribution in [3.8, 4) is 0 Å². The summed E-state index contributed by atoms with van der Waals surface area (Å²) in [6.45, 7) is 6.50. The molecule has 178 valence electrons. The molecular weight excluding hydrogens is 410 g/mol. The van der Waals surface area contributed by atoms with E-state index in [4.69, 9.17) is 0 Å². The average Bonchev–Trinajstić information content (AvgIpc) is 3.38. The maximum atomic E-state index is 13.9. The Morgan fingerprint density at radius 3 is 2.67 bits per heavy atom. The van der Waals surface area contributed by atoms with Gasteiger partial charge in [-0.25, -0.2) is 4.68 Å². The number of ketones is 1. The van der Waals surface area contributed by atoms with Crippen molar-refractivity contribution in [2.24, 2.45) is 40.9 Å². The first-order valence-electron chi connectivity index (χ1n) is 13.3. The molecule has 2 aromatic rings. The second-order valence-electron chi connectivity index (χ2n) is 12.5. The van der Waals surface area contributed by atoms with Crippen LogP contribution in [0.3, 0.4) is 0 Å². The first-order chi connectivity index (χ1) is 15.8. The molecule has 0 saturated heterocycles. The molecule has 4 saturated carbocycles. The third kappa shape index (κ3) is 3.32. The molecule has 33 heavy (non-hydrogen) atoms. The van der Waals surface area contributed by atoms with Crippen molar-refractivity contribution in [2.45, 2.75) is 90.2 Å². The number of rotatable bonds is 3. The molecule has 0 aliphatic heterocycles. The Morgan fingerprint density at radius 1 is 1.03 bits per heavy atom. The smallest absolute Gasteiger partial charge is 0.160 e. The predicted octanol–water partition coefficient (Wildman–Crippen LogP) is 5.58. The monoisotopic (exact) mass is 449 g/mol. The van der Waals surface area contributed by atoms with Gasteiger partial charge in [-0.2, -0.15) is 0 Å². The SMILES string of the molecule is C[C@H](C(=O)[C@H]1CC[C@H]2[C@@H]3CC[C@H]4C[C@](C)(O)CCC4[C@H]3CC[C@]12C)n1nnc2ccccc21. The van der Waals surface area contributed by atoms with E-state index in [1.165, 1.54) is 38.5 Å². The Balaban J connectivity index is 1.22. The van der Waals surface area contributed by atoms with Crippen molar-refractivity contribution in [3.63, 3.8) is 0 Å². The highest BCUT2D eigenvalue weighted by Gasteiger charge is 2.59. The number of nitrogens with zero attached hydrogens (tertiary/aromatic N) is 3. The van der Waals surface area contributed by atoms with Crippen LogP contribution in [0, 0.1) is 40.9 Å². The number of para-hydroxylation sites is 1. The largest absolute Gasteiger partial charge is 0.390 e. The van der Waals surface area contributed by atoms with E-state index in [0.717, 1.165) is 48.0 Å². The molecular formula is C28H39N3O2. The molecule has 0 amide bonds. The average molecular weight is 450 g/mol. The zero-order valence-electron chi connectivity index (χ0n) is 20.4. The number of fused-ring (bicyclic) bond motifs is 6. The summed E-state index contributed by atoms with van der Waals surface area (Å²) in [7, 11) is 0. The van der Waals surface area contributed by atoms with Crippen molar-refractivity contribution < 1.29 is 9.90 Å². The predicted molar refractivity (Wildman–Crippen MR) is 128 cm³/mol. The zero-order valence-corrected chi connectivity index (χ0v) is 20.4. The number of hydrogen-bond acceptors (Lipinski definition) is 4. The van der Waals surface area contributed by atoms with Crippen LogP contribution in [0.4, 0.5) is 0 Å². The summed E-state index contributed by atoms with van der Waals surface area (Å²) >= 11 is 0. The van der Waals surface area contributed by atoms with Gasteiger partial charge in [-0.15, -0.1) is 5.10 Å². The molecule has 1 aromatic carbocycles. The minimum atomic E-state index is -0.455. The summed E-state index contributed by atoms with van der Waals surface area (Å²) in [6, 6.07) is 7.67. The number of hydrogen-bond donors (Lipinski definition) is 1. The molecule has 0 radical (unpaired) electrons. The van der Waals surface area contributed by atoms with Gasteiger partial charge in [0.1, 0.15) is 11.6 Å². The first-order valence-corrected chi connectivity index (χ1v) is 13.3. The lowest BCUT2D eigenvalue weighted by atomic mass is 9.49. The molecule has 4 aliphatic carbocycles. The van der Waals surface area contributed by atoms with E-state index in [0.29, 0.717) is 17.6 Å². The van der Waals surface area contributed by atoms with Crippen LogP contribution in [-0.4, -0.2) is 31.5 Å². The summed E-state index contributed by atoms with van der Waals surface area (Å²) in [6.07, 6.45) is 10.4. The summed E-state index contributed by atoms with van der Waals surface area (Å²) in [5, 5.41) is 19.3. The number of aliphatic hydroxyl groups is 1. The highest BCUT2D eigenvalue weighted by atomic mass is 16.3. The molecule has 5 nitrogen and oxygen atoms in total. The topological polar surface area (TPSA) is 68.0 Å². The van der Waals surface area contributed by atoms with Gasteiger partial charge in [-0.1, -0.05) is 24.3 Å². The van der Waals surface area contributed by atoms with E-state index in [-0.39, 0.29) is 17.4 Å². The molecule has 1 N–H and O–H groups in total. The van der Waals surface area contributed by atoms with E-state index in [1.807, 2.05) is 42.8 Å². The Bertz CT molecular complexity index is 1060. The second kappa shape index (κ2) is 7.63. The Labute approximate surface area is 197 Å². The number of carbonyl (C=O) groups is 1. The van der Waals surface area contributed by atoms with Crippen molar-refractivity contribution in [1.29, 1.82) is 0 Å². The van der Waals surface area contributed by atoms with Crippen LogP contribution in [0.1, 0.15) is 84.6 Å². The summed E-state index contributed by atoms with van der Waals surface area (Å²) < 4.78 is 1.85. The normalized spacial score (nSPS) is 43.5. The number of carbonyl (C=O) groups excluding carboxylic acids is 1. The molecule has 0 bridgehead atoms. The zero-order chi connectivity index (χ0) is 23.0. The summed E-state index contributed by atoms with van der Waals surface area (Å²) in [5.74, 6) is 4.25. The Hall–Kier alpha value is -1.75. The molecule has 5 heteroatoms. The Morgan fingerprint density at radius 2 is 1.82 bits per heavy atom. The van der Waals surface area contributed by atoms with Crippen LogP contribution in [0.2, 0.25) is 0 Å². The minimum Gasteiger partial charge on any atom is -0.390 e. The first kappa shape index (κ1) is 21.8.